The number of phenolic OH excluding ortho intramolecular Hbond substituents is 1. The minimum atomic E-state index is -0.366. The van der Waals surface area contributed by atoms with Gasteiger partial charge in [0.05, 0.1) is 28.1 Å². The van der Waals surface area contributed by atoms with Crippen LogP contribution in [0.5, 0.6) is 5.75 Å². The van der Waals surface area contributed by atoms with E-state index in [2.05, 4.69) is 71.7 Å². The Kier molecular flexibility index (Phi) is 10.3. The summed E-state index contributed by atoms with van der Waals surface area (Å²) in [5.74, 6) is 2.42. The highest BCUT2D eigenvalue weighted by molar-refractivity contribution is 6.28. The van der Waals surface area contributed by atoms with Crippen molar-refractivity contribution in [1.29, 1.82) is 0 Å². The highest BCUT2D eigenvalue weighted by atomic mass is 19.1. The lowest BCUT2D eigenvalue weighted by molar-refractivity contribution is 0.371. The highest BCUT2D eigenvalue weighted by Crippen LogP contribution is 2.57. The first-order chi connectivity index (χ1) is 34.0. The number of nitrogens with zero attached hydrogens (tertiary/aromatic N) is 2. The fourth-order valence-corrected chi connectivity index (χ4v) is 12.5. The SMILES string of the molecule is Oc1c(C2=CC(C3CCCC3)CC=C2)cccc1N(c1ccc(F)cc1)c1c2ccccc2c(N(c2ccc(F)cc2)c2cccc3c4c(oc23)C(C2CCCC2)CC=C4)c2c1oc1ccccc12. The van der Waals surface area contributed by atoms with Gasteiger partial charge in [-0.3, -0.25) is 0 Å². The fraction of sp³-hybridized carbons (Fsp3) is 0.226. The molecule has 342 valence electrons. The van der Waals surface area contributed by atoms with Crippen LogP contribution < -0.4 is 9.80 Å². The van der Waals surface area contributed by atoms with Crippen LogP contribution in [0.3, 0.4) is 0 Å². The highest BCUT2D eigenvalue weighted by Gasteiger charge is 2.36. The normalized spacial score (nSPS) is 18.5. The summed E-state index contributed by atoms with van der Waals surface area (Å²) in [4.78, 5) is 4.24. The van der Waals surface area contributed by atoms with Crippen molar-refractivity contribution in [3.8, 4) is 5.75 Å². The number of phenols is 1. The zero-order valence-corrected chi connectivity index (χ0v) is 38.4. The van der Waals surface area contributed by atoms with Crippen LogP contribution in [0.2, 0.25) is 0 Å². The van der Waals surface area contributed by atoms with Crippen molar-refractivity contribution in [3.63, 3.8) is 0 Å². The number of aromatic hydroxyl groups is 1. The van der Waals surface area contributed by atoms with E-state index in [9.17, 15) is 9.50 Å². The molecule has 0 aliphatic heterocycles. The van der Waals surface area contributed by atoms with Gasteiger partial charge in [0.2, 0.25) is 0 Å². The van der Waals surface area contributed by atoms with Crippen molar-refractivity contribution >= 4 is 89.5 Å². The topological polar surface area (TPSA) is 53.0 Å². The average molecular weight is 911 g/mol. The number of para-hydroxylation sites is 3. The minimum Gasteiger partial charge on any atom is -0.505 e. The molecule has 0 amide bonds. The molecule has 13 rings (SSSR count). The Hall–Kier alpha value is -7.38. The summed E-state index contributed by atoms with van der Waals surface area (Å²) in [6, 6.07) is 41.7. The number of hydrogen-bond donors (Lipinski definition) is 1. The largest absolute Gasteiger partial charge is 0.505 e. The quantitative estimate of drug-likeness (QED) is 0.146. The van der Waals surface area contributed by atoms with Crippen LogP contribution in [-0.2, 0) is 0 Å². The number of halogens is 2. The molecule has 2 saturated carbocycles. The number of rotatable bonds is 9. The summed E-state index contributed by atoms with van der Waals surface area (Å²) in [7, 11) is 0. The molecule has 69 heavy (non-hydrogen) atoms. The maximum atomic E-state index is 15.1. The predicted octanol–water partition coefficient (Wildman–Crippen LogP) is 18.2. The maximum absolute atomic E-state index is 15.1. The van der Waals surface area contributed by atoms with Gasteiger partial charge in [0.25, 0.3) is 0 Å². The predicted molar refractivity (Wildman–Crippen MR) is 277 cm³/mol. The Bertz CT molecular complexity index is 3530. The Labute approximate surface area is 400 Å². The van der Waals surface area contributed by atoms with Gasteiger partial charge in [-0.2, -0.15) is 0 Å². The molecule has 0 radical (unpaired) electrons. The third kappa shape index (κ3) is 6.99. The molecule has 7 heteroatoms. The van der Waals surface area contributed by atoms with Gasteiger partial charge in [-0.15, -0.1) is 0 Å². The van der Waals surface area contributed by atoms with E-state index in [0.717, 1.165) is 84.9 Å². The fourth-order valence-electron chi connectivity index (χ4n) is 12.5. The number of benzene rings is 7. The molecule has 9 aromatic rings. The molecule has 2 aromatic heterocycles. The smallest absolute Gasteiger partial charge is 0.162 e. The summed E-state index contributed by atoms with van der Waals surface area (Å²) in [6.07, 6.45) is 23.2. The molecule has 0 bridgehead atoms. The van der Waals surface area contributed by atoms with E-state index in [1.54, 1.807) is 12.1 Å². The van der Waals surface area contributed by atoms with Crippen molar-refractivity contribution < 1.29 is 22.7 Å². The Morgan fingerprint density at radius 1 is 0.522 bits per heavy atom. The summed E-state index contributed by atoms with van der Waals surface area (Å²) < 4.78 is 44.4. The standard InChI is InChI=1S/C62H52F2N2O3/c63-42-29-33-44(34-30-42)65(53-26-11-22-46(59(53)67)41-18-9-17-40(37-41)38-13-1-2-14-38)58-49-20-6-5-19-48(49)57(56-52-21-7-8-28-55(52)68-62(56)58)66(45-35-31-43(64)32-36-45)54-27-12-25-51-50-24-10-23-47(39-15-3-4-16-39)60(50)69-61(51)54/h5-12,18-22,24-40,47,67H,1-4,13-17,23H2. The average Bonchev–Trinajstić information content (AvgIpc) is 4.24. The second-order valence-corrected chi connectivity index (χ2v) is 19.6. The molecule has 2 fully saturated rings. The Morgan fingerprint density at radius 3 is 1.84 bits per heavy atom. The summed E-state index contributed by atoms with van der Waals surface area (Å²) in [5.41, 5.74) is 9.15. The molecular formula is C62H52F2N2O3. The van der Waals surface area contributed by atoms with Crippen LogP contribution in [-0.4, -0.2) is 5.11 Å². The van der Waals surface area contributed by atoms with Gasteiger partial charge in [0.15, 0.2) is 11.2 Å². The van der Waals surface area contributed by atoms with Crippen molar-refractivity contribution in [2.24, 2.45) is 17.8 Å². The summed E-state index contributed by atoms with van der Waals surface area (Å²) >= 11 is 0. The number of hydrogen-bond acceptors (Lipinski definition) is 5. The molecule has 5 nitrogen and oxygen atoms in total. The first-order valence-electron chi connectivity index (χ1n) is 24.9. The first-order valence-corrected chi connectivity index (χ1v) is 24.9. The van der Waals surface area contributed by atoms with Crippen LogP contribution in [0.4, 0.5) is 42.9 Å². The van der Waals surface area contributed by atoms with Crippen molar-refractivity contribution in [2.75, 3.05) is 9.80 Å². The number of allylic oxidation sites excluding steroid dienone is 5. The lowest BCUT2D eigenvalue weighted by Gasteiger charge is -2.32. The molecule has 2 unspecified atom stereocenters. The third-order valence-electron chi connectivity index (χ3n) is 15.8. The molecular weight excluding hydrogens is 859 g/mol. The minimum absolute atomic E-state index is 0.119. The van der Waals surface area contributed by atoms with Gasteiger partial charge in [-0.1, -0.05) is 123 Å². The number of fused-ring (bicyclic) bond motifs is 7. The maximum Gasteiger partial charge on any atom is 0.162 e. The first kappa shape index (κ1) is 41.8. The van der Waals surface area contributed by atoms with Crippen molar-refractivity contribution in [1.82, 2.24) is 0 Å². The van der Waals surface area contributed by atoms with E-state index < -0.39 is 0 Å². The van der Waals surface area contributed by atoms with E-state index in [1.165, 1.54) is 75.6 Å². The number of anilines is 6. The number of furan rings is 2. The van der Waals surface area contributed by atoms with E-state index in [0.29, 0.717) is 51.9 Å². The molecule has 2 heterocycles. The molecule has 1 N–H and O–H groups in total. The van der Waals surface area contributed by atoms with Crippen LogP contribution >= 0.6 is 0 Å². The van der Waals surface area contributed by atoms with Crippen LogP contribution in [0.15, 0.2) is 167 Å². The second kappa shape index (κ2) is 17.0. The second-order valence-electron chi connectivity index (χ2n) is 19.6. The van der Waals surface area contributed by atoms with Gasteiger partial charge >= 0.3 is 0 Å². The lowest BCUT2D eigenvalue weighted by Crippen LogP contribution is -2.15. The van der Waals surface area contributed by atoms with E-state index in [4.69, 9.17) is 8.83 Å². The Balaban J connectivity index is 1.09. The van der Waals surface area contributed by atoms with Gasteiger partial charge < -0.3 is 23.7 Å². The summed E-state index contributed by atoms with van der Waals surface area (Å²) in [5, 5.41) is 17.2. The van der Waals surface area contributed by atoms with Crippen molar-refractivity contribution in [2.45, 2.75) is 70.1 Å². The molecule has 4 aliphatic carbocycles. The van der Waals surface area contributed by atoms with Crippen LogP contribution in [0.25, 0.3) is 55.3 Å². The molecule has 7 aromatic carbocycles. The van der Waals surface area contributed by atoms with E-state index in [-0.39, 0.29) is 17.4 Å². The molecule has 4 aliphatic rings. The molecule has 2 atom stereocenters. The van der Waals surface area contributed by atoms with Crippen LogP contribution in [0.1, 0.15) is 87.0 Å². The monoisotopic (exact) mass is 910 g/mol. The van der Waals surface area contributed by atoms with Crippen molar-refractivity contribution in [3.05, 3.63) is 186 Å². The third-order valence-corrected chi connectivity index (χ3v) is 15.8. The lowest BCUT2D eigenvalue weighted by atomic mass is 9.81. The van der Waals surface area contributed by atoms with Gasteiger partial charge in [-0.25, -0.2) is 8.78 Å². The van der Waals surface area contributed by atoms with Gasteiger partial charge in [0.1, 0.15) is 28.7 Å². The van der Waals surface area contributed by atoms with Gasteiger partial charge in [0, 0.05) is 50.0 Å². The molecule has 0 saturated heterocycles. The zero-order chi connectivity index (χ0) is 46.2. The van der Waals surface area contributed by atoms with E-state index >= 15 is 4.39 Å². The zero-order valence-electron chi connectivity index (χ0n) is 38.4. The Morgan fingerprint density at radius 2 is 1.12 bits per heavy atom. The van der Waals surface area contributed by atoms with Crippen LogP contribution in [0, 0.1) is 29.4 Å². The van der Waals surface area contributed by atoms with E-state index in [1.807, 2.05) is 65.6 Å². The van der Waals surface area contributed by atoms with Gasteiger partial charge in [-0.05, 0) is 129 Å². The molecule has 0 spiro atoms. The summed E-state index contributed by atoms with van der Waals surface area (Å²) in [6.45, 7) is 0.